The molecule has 152 valence electrons. The number of esters is 1. The quantitative estimate of drug-likeness (QED) is 0.404. The van der Waals surface area contributed by atoms with Gasteiger partial charge in [-0.1, -0.05) is 24.3 Å². The molecule has 4 aromatic rings. The first-order valence-electron chi connectivity index (χ1n) is 9.34. The molecule has 0 aliphatic rings. The van der Waals surface area contributed by atoms with Crippen molar-refractivity contribution in [2.24, 2.45) is 0 Å². The Morgan fingerprint density at radius 2 is 2.07 bits per heavy atom. The first-order chi connectivity index (χ1) is 14.7. The van der Waals surface area contributed by atoms with E-state index in [2.05, 4.69) is 26.7 Å². The van der Waals surface area contributed by atoms with Crippen LogP contribution in [0.5, 0.6) is 0 Å². The molecule has 3 heterocycles. The first kappa shape index (κ1) is 19.7. The second-order valence-electron chi connectivity index (χ2n) is 6.62. The number of aromatic nitrogens is 2. The van der Waals surface area contributed by atoms with Crippen LogP contribution in [0.25, 0.3) is 10.9 Å². The van der Waals surface area contributed by atoms with E-state index in [4.69, 9.17) is 4.74 Å². The molecule has 0 radical (unpaired) electrons. The minimum atomic E-state index is -0.479. The number of carbonyl (C=O) groups is 2. The van der Waals surface area contributed by atoms with Crippen molar-refractivity contribution in [2.75, 3.05) is 19.0 Å². The Morgan fingerprint density at radius 3 is 2.87 bits per heavy atom. The number of ether oxygens (including phenoxy) is 1. The van der Waals surface area contributed by atoms with Crippen LogP contribution in [0.1, 0.15) is 26.7 Å². The fourth-order valence-corrected chi connectivity index (χ4v) is 4.16. The van der Waals surface area contributed by atoms with E-state index in [-0.39, 0.29) is 5.92 Å². The van der Waals surface area contributed by atoms with Crippen molar-refractivity contribution in [1.29, 1.82) is 0 Å². The number of anilines is 1. The van der Waals surface area contributed by atoms with E-state index >= 15 is 0 Å². The number of H-pyrrole nitrogens is 1. The lowest BCUT2D eigenvalue weighted by atomic mass is 9.92. The molecule has 4 rings (SSSR count). The molecule has 1 aromatic carbocycles. The molecular weight excluding hydrogens is 400 g/mol. The molecule has 0 saturated carbocycles. The van der Waals surface area contributed by atoms with E-state index in [9.17, 15) is 9.59 Å². The Hall–Kier alpha value is -3.65. The van der Waals surface area contributed by atoms with Crippen LogP contribution in [0.15, 0.2) is 66.4 Å². The fraction of sp³-hybridized carbons (Fsp3) is 0.136. The molecule has 1 unspecified atom stereocenters. The topological polar surface area (TPSA) is 96.1 Å². The van der Waals surface area contributed by atoms with Gasteiger partial charge in [-0.25, -0.2) is 9.59 Å². The van der Waals surface area contributed by atoms with Crippen molar-refractivity contribution in [1.82, 2.24) is 15.3 Å². The third kappa shape index (κ3) is 4.04. The van der Waals surface area contributed by atoms with E-state index in [1.165, 1.54) is 18.4 Å². The maximum Gasteiger partial charge on any atom is 0.350 e. The van der Waals surface area contributed by atoms with E-state index in [1.54, 1.807) is 23.8 Å². The van der Waals surface area contributed by atoms with Gasteiger partial charge in [0.1, 0.15) is 4.88 Å². The number of urea groups is 1. The molecule has 7 nitrogen and oxygen atoms in total. The average Bonchev–Trinajstić information content (AvgIpc) is 3.41. The zero-order valence-corrected chi connectivity index (χ0v) is 17.0. The van der Waals surface area contributed by atoms with Gasteiger partial charge in [-0.05, 0) is 34.7 Å². The van der Waals surface area contributed by atoms with Gasteiger partial charge < -0.3 is 20.4 Å². The predicted molar refractivity (Wildman–Crippen MR) is 117 cm³/mol. The van der Waals surface area contributed by atoms with Gasteiger partial charge in [0.05, 0.1) is 12.8 Å². The normalized spacial score (nSPS) is 11.8. The number of hydrogen-bond donors (Lipinski definition) is 3. The average molecular weight is 420 g/mol. The van der Waals surface area contributed by atoms with Gasteiger partial charge in [0, 0.05) is 42.0 Å². The Labute approximate surface area is 177 Å². The number of nitrogens with one attached hydrogen (secondary N) is 3. The number of para-hydroxylation sites is 1. The summed E-state index contributed by atoms with van der Waals surface area (Å²) in [6, 6.07) is 13.2. The molecule has 0 spiro atoms. The molecule has 8 heteroatoms. The Morgan fingerprint density at radius 1 is 1.20 bits per heavy atom. The molecule has 30 heavy (non-hydrogen) atoms. The van der Waals surface area contributed by atoms with Crippen molar-refractivity contribution < 1.29 is 14.3 Å². The van der Waals surface area contributed by atoms with Crippen LogP contribution < -0.4 is 10.6 Å². The monoisotopic (exact) mass is 420 g/mol. The molecule has 0 fully saturated rings. The highest BCUT2D eigenvalue weighted by molar-refractivity contribution is 7.12. The van der Waals surface area contributed by atoms with Gasteiger partial charge >= 0.3 is 12.0 Å². The number of amides is 2. The summed E-state index contributed by atoms with van der Waals surface area (Å²) in [5, 5.41) is 8.47. The van der Waals surface area contributed by atoms with Gasteiger partial charge in [0.25, 0.3) is 0 Å². The Bertz CT molecular complexity index is 1170. The van der Waals surface area contributed by atoms with Crippen molar-refractivity contribution >= 4 is 39.9 Å². The minimum Gasteiger partial charge on any atom is -0.465 e. The lowest BCUT2D eigenvalue weighted by Crippen LogP contribution is -2.33. The number of hydrogen-bond acceptors (Lipinski definition) is 5. The van der Waals surface area contributed by atoms with E-state index in [0.29, 0.717) is 17.1 Å². The number of rotatable bonds is 6. The number of carbonyl (C=O) groups excluding carboxylic acids is 2. The van der Waals surface area contributed by atoms with Gasteiger partial charge in [-0.2, -0.15) is 0 Å². The molecule has 3 N–H and O–H groups in total. The van der Waals surface area contributed by atoms with Crippen molar-refractivity contribution in [3.05, 3.63) is 82.4 Å². The van der Waals surface area contributed by atoms with Crippen molar-refractivity contribution in [3.8, 4) is 0 Å². The first-order valence-corrected chi connectivity index (χ1v) is 10.2. The van der Waals surface area contributed by atoms with E-state index in [1.807, 2.05) is 36.5 Å². The molecule has 2 amide bonds. The smallest absolute Gasteiger partial charge is 0.350 e. The second-order valence-corrected chi connectivity index (χ2v) is 7.53. The zero-order chi connectivity index (χ0) is 20.9. The summed E-state index contributed by atoms with van der Waals surface area (Å²) in [5.41, 5.74) is 3.53. The largest absolute Gasteiger partial charge is 0.465 e. The van der Waals surface area contributed by atoms with Gasteiger partial charge in [-0.15, -0.1) is 11.3 Å². The summed E-state index contributed by atoms with van der Waals surface area (Å²) in [4.78, 5) is 32.2. The number of benzene rings is 1. The zero-order valence-electron chi connectivity index (χ0n) is 16.2. The van der Waals surface area contributed by atoms with Crippen molar-refractivity contribution in [2.45, 2.75) is 5.92 Å². The summed E-state index contributed by atoms with van der Waals surface area (Å²) in [6.07, 6.45) is 5.50. The number of pyridine rings is 1. The molecule has 0 aliphatic carbocycles. The number of aromatic amines is 1. The Kier molecular flexibility index (Phi) is 5.76. The van der Waals surface area contributed by atoms with Gasteiger partial charge in [-0.3, -0.25) is 4.98 Å². The SMILES string of the molecule is COC(=O)c1sccc1NC(=O)NCC(c1cccnc1)c1c[nH]c2ccccc12. The number of fused-ring (bicyclic) bond motifs is 1. The third-order valence-corrected chi connectivity index (χ3v) is 5.73. The van der Waals surface area contributed by atoms with Gasteiger partial charge in [0.15, 0.2) is 0 Å². The highest BCUT2D eigenvalue weighted by atomic mass is 32.1. The van der Waals surface area contributed by atoms with Crippen molar-refractivity contribution in [3.63, 3.8) is 0 Å². The second kappa shape index (κ2) is 8.79. The number of nitrogens with zero attached hydrogens (tertiary/aromatic N) is 1. The Balaban J connectivity index is 1.54. The lowest BCUT2D eigenvalue weighted by Gasteiger charge is -2.18. The summed E-state index contributed by atoms with van der Waals surface area (Å²) in [5.74, 6) is -0.574. The standard InChI is InChI=1S/C22H20N4O3S/c1-29-21(27)20-19(8-10-30-20)26-22(28)25-12-16(14-5-4-9-23-11-14)17-13-24-18-7-3-2-6-15(17)18/h2-11,13,16,24H,12H2,1H3,(H2,25,26,28). The summed E-state index contributed by atoms with van der Waals surface area (Å²) in [6.45, 7) is 0.358. The van der Waals surface area contributed by atoms with Gasteiger partial charge in [0.2, 0.25) is 0 Å². The predicted octanol–water partition coefficient (Wildman–Crippen LogP) is 4.36. The van der Waals surface area contributed by atoms with E-state index < -0.39 is 12.0 Å². The summed E-state index contributed by atoms with van der Waals surface area (Å²) >= 11 is 1.22. The van der Waals surface area contributed by atoms with Crippen LogP contribution in [0.4, 0.5) is 10.5 Å². The highest BCUT2D eigenvalue weighted by Crippen LogP contribution is 2.30. The lowest BCUT2D eigenvalue weighted by molar-refractivity contribution is 0.0607. The van der Waals surface area contributed by atoms with Crippen LogP contribution in [-0.4, -0.2) is 35.6 Å². The molecule has 1 atom stereocenters. The van der Waals surface area contributed by atoms with Crippen LogP contribution in [0, 0.1) is 0 Å². The van der Waals surface area contributed by atoms with Crippen LogP contribution in [0.3, 0.4) is 0 Å². The number of thiophene rings is 1. The van der Waals surface area contributed by atoms with Crippen LogP contribution >= 0.6 is 11.3 Å². The van der Waals surface area contributed by atoms with Crippen LogP contribution in [-0.2, 0) is 4.74 Å². The molecule has 0 saturated heterocycles. The summed E-state index contributed by atoms with van der Waals surface area (Å²) < 4.78 is 4.75. The maximum absolute atomic E-state index is 12.5. The van der Waals surface area contributed by atoms with E-state index in [0.717, 1.165) is 22.0 Å². The fourth-order valence-electron chi connectivity index (χ4n) is 3.39. The molecule has 0 bridgehead atoms. The number of methoxy groups -OCH3 is 1. The molecule has 3 aromatic heterocycles. The van der Waals surface area contributed by atoms with Crippen LogP contribution in [0.2, 0.25) is 0 Å². The maximum atomic E-state index is 12.5. The molecular formula is C22H20N4O3S. The third-order valence-electron chi connectivity index (χ3n) is 4.83. The highest BCUT2D eigenvalue weighted by Gasteiger charge is 2.20. The minimum absolute atomic E-state index is 0.0943. The summed E-state index contributed by atoms with van der Waals surface area (Å²) in [7, 11) is 1.31. The molecule has 0 aliphatic heterocycles.